The Morgan fingerprint density at radius 3 is 2.67 bits per heavy atom. The molecule has 0 spiro atoms. The number of rotatable bonds is 4. The van der Waals surface area contributed by atoms with Crippen LogP contribution in [0.15, 0.2) is 10.7 Å². The summed E-state index contributed by atoms with van der Waals surface area (Å²) in [5, 5.41) is 0. The molecule has 0 aliphatic carbocycles. The molecule has 0 saturated carbocycles. The first-order valence-electron chi connectivity index (χ1n) is 7.57. The molecule has 2 rings (SSSR count). The second-order valence-corrected chi connectivity index (χ2v) is 6.29. The van der Waals surface area contributed by atoms with Crippen molar-refractivity contribution in [2.45, 2.75) is 38.8 Å². The minimum Gasteiger partial charge on any atom is -0.446 e. The van der Waals surface area contributed by atoms with Crippen molar-refractivity contribution in [1.82, 2.24) is 14.8 Å². The van der Waals surface area contributed by atoms with E-state index in [-0.39, 0.29) is 23.9 Å². The molecule has 118 valence electrons. The smallest absolute Gasteiger partial charge is 0.275 e. The number of nitrogens with zero attached hydrogens (tertiary/aromatic N) is 3. The second kappa shape index (κ2) is 6.58. The lowest BCUT2D eigenvalue weighted by Gasteiger charge is -2.34. The van der Waals surface area contributed by atoms with Crippen LogP contribution in [0.3, 0.4) is 0 Å². The Labute approximate surface area is 126 Å². The standard InChI is InChI=1S/C15H26N4O2/c1-10(2)13(16)14-17-12(9-21-14)15(20)19(4)11-5-7-18(3)8-6-11/h9-11,13H,5-8,16H2,1-4H3. The van der Waals surface area contributed by atoms with Crippen molar-refractivity contribution < 1.29 is 9.21 Å². The third-order valence-corrected chi connectivity index (χ3v) is 4.30. The minimum atomic E-state index is -0.278. The van der Waals surface area contributed by atoms with Crippen molar-refractivity contribution in [1.29, 1.82) is 0 Å². The fourth-order valence-electron chi connectivity index (χ4n) is 2.55. The molecule has 6 heteroatoms. The number of aromatic nitrogens is 1. The van der Waals surface area contributed by atoms with E-state index in [1.807, 2.05) is 20.9 Å². The molecule has 1 unspecified atom stereocenters. The number of carbonyl (C=O) groups excluding carboxylic acids is 1. The molecule has 2 N–H and O–H groups in total. The second-order valence-electron chi connectivity index (χ2n) is 6.29. The van der Waals surface area contributed by atoms with Gasteiger partial charge in [-0.3, -0.25) is 4.79 Å². The summed E-state index contributed by atoms with van der Waals surface area (Å²) in [6.07, 6.45) is 3.41. The number of amides is 1. The fourth-order valence-corrected chi connectivity index (χ4v) is 2.55. The van der Waals surface area contributed by atoms with Crippen LogP contribution >= 0.6 is 0 Å². The van der Waals surface area contributed by atoms with Gasteiger partial charge in [0.25, 0.3) is 5.91 Å². The van der Waals surface area contributed by atoms with Crippen LogP contribution in [0.4, 0.5) is 0 Å². The Morgan fingerprint density at radius 1 is 1.48 bits per heavy atom. The normalized spacial score (nSPS) is 19.0. The average molecular weight is 294 g/mol. The molecule has 1 aliphatic rings. The summed E-state index contributed by atoms with van der Waals surface area (Å²) >= 11 is 0. The van der Waals surface area contributed by atoms with Gasteiger partial charge in [0, 0.05) is 13.1 Å². The van der Waals surface area contributed by atoms with E-state index in [4.69, 9.17) is 10.2 Å². The lowest BCUT2D eigenvalue weighted by molar-refractivity contribution is 0.0653. The van der Waals surface area contributed by atoms with E-state index in [1.54, 1.807) is 4.90 Å². The third kappa shape index (κ3) is 3.63. The highest BCUT2D eigenvalue weighted by Crippen LogP contribution is 2.20. The summed E-state index contributed by atoms with van der Waals surface area (Å²) in [5.41, 5.74) is 6.35. The first-order valence-corrected chi connectivity index (χ1v) is 7.57. The molecule has 0 aromatic carbocycles. The van der Waals surface area contributed by atoms with Crippen molar-refractivity contribution in [3.05, 3.63) is 17.8 Å². The number of nitrogens with two attached hydrogens (primary N) is 1. The summed E-state index contributed by atoms with van der Waals surface area (Å²) in [7, 11) is 3.95. The lowest BCUT2D eigenvalue weighted by atomic mass is 10.0. The van der Waals surface area contributed by atoms with Crippen LogP contribution in [0, 0.1) is 5.92 Å². The molecule has 1 atom stereocenters. The maximum absolute atomic E-state index is 12.5. The summed E-state index contributed by atoms with van der Waals surface area (Å²) in [5.74, 6) is 0.568. The van der Waals surface area contributed by atoms with Gasteiger partial charge in [-0.15, -0.1) is 0 Å². The zero-order chi connectivity index (χ0) is 15.6. The number of hydrogen-bond acceptors (Lipinski definition) is 5. The van der Waals surface area contributed by atoms with E-state index < -0.39 is 0 Å². The van der Waals surface area contributed by atoms with Crippen LogP contribution in [0.2, 0.25) is 0 Å². The molecule has 2 heterocycles. The zero-order valence-corrected chi connectivity index (χ0v) is 13.4. The summed E-state index contributed by atoms with van der Waals surface area (Å²) in [4.78, 5) is 20.8. The van der Waals surface area contributed by atoms with Gasteiger partial charge in [0.05, 0.1) is 6.04 Å². The molecular formula is C15H26N4O2. The Kier molecular flexibility index (Phi) is 5.00. The SMILES string of the molecule is CC(C)C(N)c1nc(C(=O)N(C)C2CCN(C)CC2)co1. The topological polar surface area (TPSA) is 75.6 Å². The van der Waals surface area contributed by atoms with Crippen molar-refractivity contribution in [3.63, 3.8) is 0 Å². The summed E-state index contributed by atoms with van der Waals surface area (Å²) in [6.45, 7) is 6.04. The van der Waals surface area contributed by atoms with Crippen molar-refractivity contribution in [3.8, 4) is 0 Å². The number of hydrogen-bond donors (Lipinski definition) is 1. The van der Waals surface area contributed by atoms with Crippen LogP contribution in [-0.2, 0) is 0 Å². The van der Waals surface area contributed by atoms with E-state index >= 15 is 0 Å². The van der Waals surface area contributed by atoms with Gasteiger partial charge in [-0.1, -0.05) is 13.8 Å². The van der Waals surface area contributed by atoms with E-state index in [2.05, 4.69) is 16.9 Å². The highest BCUT2D eigenvalue weighted by Gasteiger charge is 2.27. The largest absolute Gasteiger partial charge is 0.446 e. The molecule has 0 radical (unpaired) electrons. The molecule has 1 aromatic rings. The number of carbonyl (C=O) groups is 1. The lowest BCUT2D eigenvalue weighted by Crippen LogP contribution is -2.44. The highest BCUT2D eigenvalue weighted by molar-refractivity contribution is 5.92. The molecular weight excluding hydrogens is 268 g/mol. The van der Waals surface area contributed by atoms with Gasteiger partial charge in [0.15, 0.2) is 5.69 Å². The maximum Gasteiger partial charge on any atom is 0.275 e. The average Bonchev–Trinajstić information content (AvgIpc) is 2.95. The first-order chi connectivity index (χ1) is 9.90. The molecule has 6 nitrogen and oxygen atoms in total. The van der Waals surface area contributed by atoms with E-state index in [0.717, 1.165) is 25.9 Å². The molecule has 1 amide bonds. The van der Waals surface area contributed by atoms with Crippen LogP contribution < -0.4 is 5.73 Å². The third-order valence-electron chi connectivity index (χ3n) is 4.30. The molecule has 21 heavy (non-hydrogen) atoms. The van der Waals surface area contributed by atoms with Crippen LogP contribution in [0.1, 0.15) is 49.1 Å². The highest BCUT2D eigenvalue weighted by atomic mass is 16.3. The van der Waals surface area contributed by atoms with Gasteiger partial charge in [-0.25, -0.2) is 4.98 Å². The van der Waals surface area contributed by atoms with Crippen molar-refractivity contribution in [2.24, 2.45) is 11.7 Å². The molecule has 1 aromatic heterocycles. The monoisotopic (exact) mass is 294 g/mol. The van der Waals surface area contributed by atoms with Gasteiger partial charge in [0.2, 0.25) is 5.89 Å². The Morgan fingerprint density at radius 2 is 2.10 bits per heavy atom. The first kappa shape index (κ1) is 16.0. The summed E-state index contributed by atoms with van der Waals surface area (Å²) < 4.78 is 5.37. The Bertz CT molecular complexity index is 478. The number of piperidine rings is 1. The molecule has 0 bridgehead atoms. The molecule has 1 aliphatic heterocycles. The zero-order valence-electron chi connectivity index (χ0n) is 13.4. The van der Waals surface area contributed by atoms with E-state index in [9.17, 15) is 4.79 Å². The summed E-state index contributed by atoms with van der Waals surface area (Å²) in [6, 6.07) is -0.00666. The van der Waals surface area contributed by atoms with Crippen molar-refractivity contribution in [2.75, 3.05) is 27.2 Å². The predicted molar refractivity (Wildman–Crippen MR) is 80.9 cm³/mol. The fraction of sp³-hybridized carbons (Fsp3) is 0.733. The van der Waals surface area contributed by atoms with Gasteiger partial charge >= 0.3 is 0 Å². The van der Waals surface area contributed by atoms with Gasteiger partial charge in [-0.2, -0.15) is 0 Å². The Balaban J connectivity index is 2.02. The van der Waals surface area contributed by atoms with Gasteiger partial charge in [0.1, 0.15) is 6.26 Å². The Hall–Kier alpha value is -1.40. The molecule has 1 saturated heterocycles. The van der Waals surface area contributed by atoms with Crippen LogP contribution in [-0.4, -0.2) is 53.9 Å². The number of likely N-dealkylation sites (tertiary alicyclic amines) is 1. The maximum atomic E-state index is 12.5. The van der Waals surface area contributed by atoms with Gasteiger partial charge < -0.3 is 20.0 Å². The predicted octanol–water partition coefficient (Wildman–Crippen LogP) is 1.50. The van der Waals surface area contributed by atoms with E-state index in [1.165, 1.54) is 6.26 Å². The number of oxazole rings is 1. The minimum absolute atomic E-state index is 0.0875. The van der Waals surface area contributed by atoms with Crippen LogP contribution in [0.25, 0.3) is 0 Å². The van der Waals surface area contributed by atoms with Crippen LogP contribution in [0.5, 0.6) is 0 Å². The van der Waals surface area contributed by atoms with E-state index in [0.29, 0.717) is 11.6 Å². The quantitative estimate of drug-likeness (QED) is 0.910. The van der Waals surface area contributed by atoms with Gasteiger partial charge in [-0.05, 0) is 38.9 Å². The van der Waals surface area contributed by atoms with Crippen molar-refractivity contribution >= 4 is 5.91 Å². The molecule has 1 fully saturated rings.